The monoisotopic (exact) mass is 183 g/mol. The van der Waals surface area contributed by atoms with Gasteiger partial charge in [0, 0.05) is 10.0 Å². The maximum atomic E-state index is 10.1. The molecular formula is C7H4BrO. The van der Waals surface area contributed by atoms with Crippen molar-refractivity contribution in [2.24, 2.45) is 0 Å². The van der Waals surface area contributed by atoms with Crippen LogP contribution in [0.2, 0.25) is 0 Å². The molecule has 0 spiro atoms. The van der Waals surface area contributed by atoms with Gasteiger partial charge in [-0.15, -0.1) is 0 Å². The lowest BCUT2D eigenvalue weighted by Crippen LogP contribution is -1.76. The Morgan fingerprint density at radius 1 is 1.56 bits per heavy atom. The molecule has 2 heteroatoms. The second-order valence-corrected chi connectivity index (χ2v) is 2.50. The van der Waals surface area contributed by atoms with Crippen LogP contribution >= 0.6 is 15.9 Å². The molecule has 0 aliphatic carbocycles. The molecule has 0 unspecified atom stereocenters. The first-order valence-corrected chi connectivity index (χ1v) is 3.24. The Bertz CT molecular complexity index is 203. The minimum Gasteiger partial charge on any atom is -0.298 e. The molecule has 0 saturated heterocycles. The number of aldehydes is 1. The zero-order valence-corrected chi connectivity index (χ0v) is 6.18. The molecule has 1 radical (unpaired) electrons. The van der Waals surface area contributed by atoms with Crippen molar-refractivity contribution >= 4 is 22.2 Å². The van der Waals surface area contributed by atoms with Crippen LogP contribution in [0.15, 0.2) is 22.7 Å². The Kier molecular flexibility index (Phi) is 2.01. The van der Waals surface area contributed by atoms with Crippen molar-refractivity contribution in [2.75, 3.05) is 0 Å². The third kappa shape index (κ3) is 1.64. The van der Waals surface area contributed by atoms with Gasteiger partial charge in [0.25, 0.3) is 0 Å². The highest BCUT2D eigenvalue weighted by Crippen LogP contribution is 2.07. The third-order valence-corrected chi connectivity index (χ3v) is 1.42. The van der Waals surface area contributed by atoms with Gasteiger partial charge in [0.05, 0.1) is 0 Å². The summed E-state index contributed by atoms with van der Waals surface area (Å²) in [5.41, 5.74) is 0.582. The maximum Gasteiger partial charge on any atom is 0.150 e. The second-order valence-electron chi connectivity index (χ2n) is 1.58. The fourth-order valence-corrected chi connectivity index (χ4v) is 0.738. The quantitative estimate of drug-likeness (QED) is 0.610. The zero-order chi connectivity index (χ0) is 6.69. The molecule has 0 fully saturated rings. The molecule has 45 valence electrons. The van der Waals surface area contributed by atoms with Crippen molar-refractivity contribution in [1.82, 2.24) is 0 Å². The van der Waals surface area contributed by atoms with Gasteiger partial charge >= 0.3 is 0 Å². The Morgan fingerprint density at radius 2 is 2.33 bits per heavy atom. The van der Waals surface area contributed by atoms with Crippen LogP contribution in [0.25, 0.3) is 0 Å². The van der Waals surface area contributed by atoms with Gasteiger partial charge in [-0.25, -0.2) is 0 Å². The number of carbonyl (C=O) groups is 1. The van der Waals surface area contributed by atoms with Crippen LogP contribution < -0.4 is 0 Å². The zero-order valence-electron chi connectivity index (χ0n) is 4.60. The molecule has 0 bridgehead atoms. The average Bonchev–Trinajstić information content (AvgIpc) is 1.90. The van der Waals surface area contributed by atoms with Crippen molar-refractivity contribution in [2.45, 2.75) is 0 Å². The summed E-state index contributed by atoms with van der Waals surface area (Å²) in [6.07, 6.45) is 0.770. The van der Waals surface area contributed by atoms with Gasteiger partial charge in [0.2, 0.25) is 0 Å². The summed E-state index contributed by atoms with van der Waals surface area (Å²) in [7, 11) is 0. The molecule has 0 amide bonds. The van der Waals surface area contributed by atoms with Crippen LogP contribution in [0, 0.1) is 6.07 Å². The van der Waals surface area contributed by atoms with E-state index in [1.54, 1.807) is 18.2 Å². The molecule has 9 heavy (non-hydrogen) atoms. The van der Waals surface area contributed by atoms with E-state index in [9.17, 15) is 4.79 Å². The minimum absolute atomic E-state index is 0.582. The summed E-state index contributed by atoms with van der Waals surface area (Å²) in [5.74, 6) is 0. The standard InChI is InChI=1S/C7H4BrO/c8-7-3-1-6(5-9)2-4-7/h1,3-5H. The highest BCUT2D eigenvalue weighted by molar-refractivity contribution is 9.10. The van der Waals surface area contributed by atoms with Crippen molar-refractivity contribution in [3.63, 3.8) is 0 Å². The van der Waals surface area contributed by atoms with Crippen LogP contribution in [-0.4, -0.2) is 6.29 Å². The first-order chi connectivity index (χ1) is 4.33. The van der Waals surface area contributed by atoms with E-state index >= 15 is 0 Å². The molecule has 0 saturated carbocycles. The molecular weight excluding hydrogens is 180 g/mol. The van der Waals surface area contributed by atoms with Crippen molar-refractivity contribution < 1.29 is 4.79 Å². The number of hydrogen-bond donors (Lipinski definition) is 0. The van der Waals surface area contributed by atoms with Gasteiger partial charge in [-0.1, -0.05) is 15.9 Å². The largest absolute Gasteiger partial charge is 0.298 e. The summed E-state index contributed by atoms with van der Waals surface area (Å²) in [6.45, 7) is 0. The van der Waals surface area contributed by atoms with Gasteiger partial charge in [-0.2, -0.15) is 0 Å². The van der Waals surface area contributed by atoms with E-state index in [-0.39, 0.29) is 0 Å². The number of hydrogen-bond acceptors (Lipinski definition) is 1. The molecule has 1 rings (SSSR count). The molecule has 1 aromatic carbocycles. The Labute approximate surface area is 61.8 Å². The van der Waals surface area contributed by atoms with Gasteiger partial charge in [-0.3, -0.25) is 4.79 Å². The Morgan fingerprint density at radius 3 is 2.78 bits per heavy atom. The van der Waals surface area contributed by atoms with E-state index in [1.807, 2.05) is 0 Å². The fraction of sp³-hybridized carbons (Fsp3) is 0. The van der Waals surface area contributed by atoms with E-state index in [4.69, 9.17) is 0 Å². The number of halogens is 1. The molecule has 0 atom stereocenters. The van der Waals surface area contributed by atoms with Gasteiger partial charge < -0.3 is 0 Å². The summed E-state index contributed by atoms with van der Waals surface area (Å²) in [6, 6.07) is 7.99. The fourth-order valence-electron chi connectivity index (χ4n) is 0.491. The van der Waals surface area contributed by atoms with E-state index in [0.717, 1.165) is 10.8 Å². The molecule has 0 N–H and O–H groups in total. The number of carbonyl (C=O) groups excluding carboxylic acids is 1. The molecule has 1 nitrogen and oxygen atoms in total. The van der Waals surface area contributed by atoms with Crippen LogP contribution in [-0.2, 0) is 0 Å². The first-order valence-electron chi connectivity index (χ1n) is 2.45. The normalized spacial score (nSPS) is 9.00. The SMILES string of the molecule is O=Cc1[c]cc(Br)cc1. The van der Waals surface area contributed by atoms with Gasteiger partial charge in [0.1, 0.15) is 0 Å². The molecule has 0 aromatic heterocycles. The predicted octanol–water partition coefficient (Wildman–Crippen LogP) is 2.06. The lowest BCUT2D eigenvalue weighted by atomic mass is 10.2. The van der Waals surface area contributed by atoms with E-state index in [1.165, 1.54) is 0 Å². The summed E-state index contributed by atoms with van der Waals surface area (Å²) in [5, 5.41) is 0. The third-order valence-electron chi connectivity index (χ3n) is 0.926. The second kappa shape index (κ2) is 2.78. The highest BCUT2D eigenvalue weighted by atomic mass is 79.9. The lowest BCUT2D eigenvalue weighted by Gasteiger charge is -1.86. The van der Waals surface area contributed by atoms with E-state index < -0.39 is 0 Å². The Balaban J connectivity index is 3.01. The molecule has 0 heterocycles. The first kappa shape index (κ1) is 6.49. The molecule has 0 aliphatic rings. The minimum atomic E-state index is 0.582. The molecule has 1 aromatic rings. The maximum absolute atomic E-state index is 10.1. The van der Waals surface area contributed by atoms with Crippen LogP contribution in [0.3, 0.4) is 0 Å². The van der Waals surface area contributed by atoms with Gasteiger partial charge in [-0.05, 0) is 24.3 Å². The summed E-state index contributed by atoms with van der Waals surface area (Å²) >= 11 is 3.23. The smallest absolute Gasteiger partial charge is 0.150 e. The van der Waals surface area contributed by atoms with Gasteiger partial charge in [0.15, 0.2) is 6.29 Å². The Hall–Kier alpha value is -0.630. The number of rotatable bonds is 1. The van der Waals surface area contributed by atoms with Crippen molar-refractivity contribution in [3.05, 3.63) is 34.3 Å². The average molecular weight is 184 g/mol. The van der Waals surface area contributed by atoms with Crippen LogP contribution in [0.5, 0.6) is 0 Å². The molecule has 0 aliphatic heterocycles. The highest BCUT2D eigenvalue weighted by Gasteiger charge is 1.87. The summed E-state index contributed by atoms with van der Waals surface area (Å²) in [4.78, 5) is 10.1. The van der Waals surface area contributed by atoms with E-state index in [2.05, 4.69) is 22.0 Å². The number of benzene rings is 1. The predicted molar refractivity (Wildman–Crippen MR) is 38.4 cm³/mol. The van der Waals surface area contributed by atoms with E-state index in [0.29, 0.717) is 5.56 Å². The van der Waals surface area contributed by atoms with Crippen molar-refractivity contribution in [3.8, 4) is 0 Å². The lowest BCUT2D eigenvalue weighted by molar-refractivity contribution is 0.112. The van der Waals surface area contributed by atoms with Crippen molar-refractivity contribution in [1.29, 1.82) is 0 Å². The van der Waals surface area contributed by atoms with Crippen LogP contribution in [0.1, 0.15) is 10.4 Å². The summed E-state index contributed by atoms with van der Waals surface area (Å²) < 4.78 is 0.938. The topological polar surface area (TPSA) is 17.1 Å². The van der Waals surface area contributed by atoms with Crippen LogP contribution in [0.4, 0.5) is 0 Å².